The number of nitrogens with two attached hydrogens (primary N) is 1. The van der Waals surface area contributed by atoms with Crippen LogP contribution in [0.4, 0.5) is 5.69 Å². The summed E-state index contributed by atoms with van der Waals surface area (Å²) in [6.45, 7) is 0.482. The quantitative estimate of drug-likeness (QED) is 0.274. The molecule has 1 amide bonds. The van der Waals surface area contributed by atoms with Crippen molar-refractivity contribution in [2.75, 3.05) is 12.8 Å². The van der Waals surface area contributed by atoms with Gasteiger partial charge in [-0.25, -0.2) is 0 Å². The highest BCUT2D eigenvalue weighted by molar-refractivity contribution is 7.09. The minimum atomic E-state index is -0.259. The van der Waals surface area contributed by atoms with Crippen molar-refractivity contribution in [3.63, 3.8) is 0 Å². The smallest absolute Gasteiger partial charge is 0.307 e. The summed E-state index contributed by atoms with van der Waals surface area (Å²) in [6, 6.07) is 27.5. The van der Waals surface area contributed by atoms with Gasteiger partial charge in [0.15, 0.2) is 0 Å². The molecule has 4 N–H and O–H groups in total. The number of aromatic nitrogens is 1. The molecule has 0 fully saturated rings. The maximum atomic E-state index is 13.1. The minimum Gasteiger partial charge on any atom is -0.494 e. The summed E-state index contributed by atoms with van der Waals surface area (Å²) in [5.41, 5.74) is 11.3. The summed E-state index contributed by atoms with van der Waals surface area (Å²) >= 11 is 1.02. The Bertz CT molecular complexity index is 1620. The van der Waals surface area contributed by atoms with E-state index in [1.54, 1.807) is 4.90 Å². The minimum absolute atomic E-state index is 0.0428. The zero-order chi connectivity index (χ0) is 25.2. The lowest BCUT2D eigenvalue weighted by atomic mass is 10.0. The number of H-pyrrole nitrogens is 1. The van der Waals surface area contributed by atoms with E-state index in [2.05, 4.69) is 11.1 Å². The SMILES string of the molecule is CN(Cc1cccc(-c2ccc(Cc3sc(=O)[nH]c3O)cc2)c1)C(=O)c1ccc2cc(N)ccc2c1. The molecule has 6 nitrogen and oxygen atoms in total. The lowest BCUT2D eigenvalue weighted by molar-refractivity contribution is 0.0785. The first-order chi connectivity index (χ1) is 17.4. The highest BCUT2D eigenvalue weighted by Gasteiger charge is 2.13. The van der Waals surface area contributed by atoms with Crippen LogP contribution in [0.2, 0.25) is 0 Å². The van der Waals surface area contributed by atoms with Crippen LogP contribution in [0, 0.1) is 0 Å². The number of hydrogen-bond donors (Lipinski definition) is 3. The van der Waals surface area contributed by atoms with Crippen molar-refractivity contribution in [1.29, 1.82) is 0 Å². The summed E-state index contributed by atoms with van der Waals surface area (Å²) in [4.78, 5) is 29.0. The van der Waals surface area contributed by atoms with Crippen LogP contribution in [-0.2, 0) is 13.0 Å². The number of rotatable bonds is 6. The van der Waals surface area contributed by atoms with Crippen LogP contribution in [-0.4, -0.2) is 27.9 Å². The van der Waals surface area contributed by atoms with Crippen LogP contribution in [0.3, 0.4) is 0 Å². The fourth-order valence-corrected chi connectivity index (χ4v) is 5.04. The number of amides is 1. The number of carbonyl (C=O) groups excluding carboxylic acids is 1. The van der Waals surface area contributed by atoms with Crippen LogP contribution in [0.25, 0.3) is 21.9 Å². The molecular weight excluding hydrogens is 470 g/mol. The van der Waals surface area contributed by atoms with E-state index >= 15 is 0 Å². The molecule has 4 aromatic carbocycles. The van der Waals surface area contributed by atoms with E-state index in [0.29, 0.717) is 29.1 Å². The van der Waals surface area contributed by atoms with Crippen molar-refractivity contribution in [3.8, 4) is 17.0 Å². The number of fused-ring (bicyclic) bond motifs is 1. The molecule has 0 aliphatic carbocycles. The van der Waals surface area contributed by atoms with Gasteiger partial charge in [0.1, 0.15) is 0 Å². The number of thiazole rings is 1. The predicted molar refractivity (Wildman–Crippen MR) is 145 cm³/mol. The molecule has 36 heavy (non-hydrogen) atoms. The molecule has 7 heteroatoms. The normalized spacial score (nSPS) is 11.0. The topological polar surface area (TPSA) is 99.4 Å². The molecule has 0 saturated carbocycles. The Hall–Kier alpha value is -4.36. The van der Waals surface area contributed by atoms with Crippen LogP contribution < -0.4 is 10.6 Å². The van der Waals surface area contributed by atoms with Gasteiger partial charge in [0.25, 0.3) is 5.91 Å². The number of nitrogens with zero attached hydrogens (tertiary/aromatic N) is 1. The van der Waals surface area contributed by atoms with Gasteiger partial charge in [-0.15, -0.1) is 0 Å². The van der Waals surface area contributed by atoms with Crippen molar-refractivity contribution in [2.24, 2.45) is 0 Å². The molecule has 0 saturated heterocycles. The number of aromatic amines is 1. The average Bonchev–Trinajstić information content (AvgIpc) is 3.20. The maximum absolute atomic E-state index is 13.1. The number of nitrogen functional groups attached to an aromatic ring is 1. The van der Waals surface area contributed by atoms with Gasteiger partial charge >= 0.3 is 4.87 Å². The Morgan fingerprint density at radius 1 is 0.917 bits per heavy atom. The van der Waals surface area contributed by atoms with E-state index in [9.17, 15) is 14.7 Å². The van der Waals surface area contributed by atoms with E-state index < -0.39 is 0 Å². The van der Waals surface area contributed by atoms with Gasteiger partial charge in [-0.3, -0.25) is 14.6 Å². The molecule has 0 atom stereocenters. The van der Waals surface area contributed by atoms with Crippen molar-refractivity contribution in [2.45, 2.75) is 13.0 Å². The third-order valence-corrected chi connectivity index (χ3v) is 7.03. The molecule has 180 valence electrons. The van der Waals surface area contributed by atoms with Crippen molar-refractivity contribution in [1.82, 2.24) is 9.88 Å². The average molecular weight is 496 g/mol. The van der Waals surface area contributed by atoms with Crippen molar-refractivity contribution < 1.29 is 9.90 Å². The second-order valence-corrected chi connectivity index (χ2v) is 9.91. The van der Waals surface area contributed by atoms with Crippen molar-refractivity contribution in [3.05, 3.63) is 116 Å². The first-order valence-electron chi connectivity index (χ1n) is 11.5. The molecule has 5 rings (SSSR count). The zero-order valence-corrected chi connectivity index (χ0v) is 20.5. The van der Waals surface area contributed by atoms with E-state index in [1.165, 1.54) is 0 Å². The summed E-state index contributed by atoms with van der Waals surface area (Å²) in [5.74, 6) is -0.104. The van der Waals surface area contributed by atoms with Crippen LogP contribution in [0.15, 0.2) is 89.7 Å². The molecule has 0 aliphatic heterocycles. The van der Waals surface area contributed by atoms with E-state index in [-0.39, 0.29) is 16.7 Å². The Morgan fingerprint density at radius 2 is 1.67 bits per heavy atom. The third-order valence-electron chi connectivity index (χ3n) is 6.16. The Balaban J connectivity index is 1.29. The standard InChI is InChI=1S/C29H25N3O3S/c1-32(28(34)24-10-9-23-16-25(30)12-11-22(23)15-24)17-19-3-2-4-21(13-19)20-7-5-18(6-8-20)14-26-27(33)31-29(35)36-26/h2-13,15-16,33H,14,17,30H2,1H3,(H,31,35). The van der Waals surface area contributed by atoms with Gasteiger partial charge in [0, 0.05) is 31.3 Å². The monoisotopic (exact) mass is 495 g/mol. The second kappa shape index (κ2) is 9.71. The predicted octanol–water partition coefficient (Wildman–Crippen LogP) is 5.41. The number of benzene rings is 4. The summed E-state index contributed by atoms with van der Waals surface area (Å²) in [7, 11) is 1.81. The number of anilines is 1. The van der Waals surface area contributed by atoms with E-state index in [1.807, 2.05) is 85.9 Å². The molecule has 0 bridgehead atoms. The largest absolute Gasteiger partial charge is 0.494 e. The fraction of sp³-hybridized carbons (Fsp3) is 0.103. The van der Waals surface area contributed by atoms with Crippen molar-refractivity contribution >= 4 is 33.7 Å². The van der Waals surface area contributed by atoms with E-state index in [4.69, 9.17) is 5.73 Å². The maximum Gasteiger partial charge on any atom is 0.307 e. The molecule has 1 heterocycles. The first kappa shape index (κ1) is 23.4. The number of nitrogens with one attached hydrogen (secondary N) is 1. The molecular formula is C29H25N3O3S. The summed E-state index contributed by atoms with van der Waals surface area (Å²) < 4.78 is 0. The third kappa shape index (κ3) is 5.01. The molecule has 0 aliphatic rings. The molecule has 0 radical (unpaired) electrons. The van der Waals surface area contributed by atoms with E-state index in [0.717, 1.165) is 44.4 Å². The second-order valence-electron chi connectivity index (χ2n) is 8.84. The molecule has 5 aromatic rings. The number of carbonyl (C=O) groups is 1. The molecule has 1 aromatic heterocycles. The first-order valence-corrected chi connectivity index (χ1v) is 12.3. The molecule has 0 unspecified atom stereocenters. The van der Waals surface area contributed by atoms with Gasteiger partial charge in [-0.2, -0.15) is 0 Å². The van der Waals surface area contributed by atoms with Gasteiger partial charge in [-0.1, -0.05) is 65.9 Å². The Labute approximate surface area is 212 Å². The van der Waals surface area contributed by atoms with Gasteiger partial charge in [-0.05, 0) is 63.4 Å². The molecule has 0 spiro atoms. The Morgan fingerprint density at radius 3 is 2.42 bits per heavy atom. The lowest BCUT2D eigenvalue weighted by Crippen LogP contribution is -2.26. The number of aromatic hydroxyl groups is 1. The zero-order valence-electron chi connectivity index (χ0n) is 19.7. The van der Waals surface area contributed by atoms with Gasteiger partial charge < -0.3 is 15.7 Å². The van der Waals surface area contributed by atoms with Gasteiger partial charge in [0.2, 0.25) is 5.88 Å². The Kier molecular flexibility index (Phi) is 6.31. The van der Waals surface area contributed by atoms with Crippen LogP contribution in [0.5, 0.6) is 5.88 Å². The fourth-order valence-electron chi connectivity index (χ4n) is 4.28. The summed E-state index contributed by atoms with van der Waals surface area (Å²) in [6.07, 6.45) is 0.491. The highest BCUT2D eigenvalue weighted by Crippen LogP contribution is 2.25. The summed E-state index contributed by atoms with van der Waals surface area (Å²) in [5, 5.41) is 11.8. The lowest BCUT2D eigenvalue weighted by Gasteiger charge is -2.18. The highest BCUT2D eigenvalue weighted by atomic mass is 32.1. The number of hydrogen-bond acceptors (Lipinski definition) is 5. The van der Waals surface area contributed by atoms with Crippen LogP contribution in [0.1, 0.15) is 26.4 Å². The van der Waals surface area contributed by atoms with Gasteiger partial charge in [0.05, 0.1) is 4.88 Å². The van der Waals surface area contributed by atoms with Crippen LogP contribution >= 0.6 is 11.3 Å².